The number of nitrogens with one attached hydrogen (secondary N) is 1. The van der Waals surface area contributed by atoms with E-state index in [1.807, 2.05) is 32.8 Å². The van der Waals surface area contributed by atoms with Gasteiger partial charge in [0.25, 0.3) is 0 Å². The largest absolute Gasteiger partial charge is 0.390 e. The van der Waals surface area contributed by atoms with Gasteiger partial charge in [-0.05, 0) is 26.4 Å². The van der Waals surface area contributed by atoms with Crippen LogP contribution < -0.4 is 4.72 Å². The molecule has 1 aliphatic rings. The Labute approximate surface area is 149 Å². The average Bonchev–Trinajstić information content (AvgIpc) is 2.97. The van der Waals surface area contributed by atoms with E-state index in [1.165, 1.54) is 0 Å². The van der Waals surface area contributed by atoms with Gasteiger partial charge in [-0.1, -0.05) is 19.1 Å². The van der Waals surface area contributed by atoms with Crippen molar-refractivity contribution in [2.75, 3.05) is 19.8 Å². The molecule has 0 aliphatic heterocycles. The van der Waals surface area contributed by atoms with E-state index in [9.17, 15) is 18.6 Å². The number of nitrogens with zero attached hydrogens (tertiary/aromatic N) is 4. The van der Waals surface area contributed by atoms with Crippen LogP contribution in [0.3, 0.4) is 0 Å². The van der Waals surface area contributed by atoms with Crippen molar-refractivity contribution in [1.82, 2.24) is 24.6 Å². The summed E-state index contributed by atoms with van der Waals surface area (Å²) >= 11 is 0. The molecule has 0 spiro atoms. The number of hydrogen-bond donors (Lipinski definition) is 3. The Balaban J connectivity index is 1.98. The minimum absolute atomic E-state index is 0.00600. The first-order valence-electron chi connectivity index (χ1n) is 8.47. The molecule has 1 heterocycles. The third-order valence-corrected chi connectivity index (χ3v) is 5.94. The maximum Gasteiger partial charge on any atom is 0.212 e. The predicted octanol–water partition coefficient (Wildman–Crippen LogP) is -0.975. The highest BCUT2D eigenvalue weighted by Gasteiger charge is 2.43. The van der Waals surface area contributed by atoms with Gasteiger partial charge in [0.2, 0.25) is 10.0 Å². The molecule has 25 heavy (non-hydrogen) atoms. The monoisotopic (exact) mass is 375 g/mol. The SMILES string of the molecule is CC(C)CS(=O)(=O)N[C@@H]1C[C@H](Cn2cc(CN(C)C)nn2)[C@@H](O)[C@H]1O. The van der Waals surface area contributed by atoms with Gasteiger partial charge in [-0.25, -0.2) is 13.1 Å². The van der Waals surface area contributed by atoms with Crippen LogP contribution in [0, 0.1) is 11.8 Å². The van der Waals surface area contributed by atoms with Crippen LogP contribution in [0.2, 0.25) is 0 Å². The van der Waals surface area contributed by atoms with Crippen molar-refractivity contribution in [3.8, 4) is 0 Å². The third-order valence-electron chi connectivity index (χ3n) is 4.17. The number of rotatable bonds is 8. The van der Waals surface area contributed by atoms with E-state index >= 15 is 0 Å². The molecule has 0 amide bonds. The third kappa shape index (κ3) is 5.71. The summed E-state index contributed by atoms with van der Waals surface area (Å²) in [5.41, 5.74) is 0.812. The summed E-state index contributed by atoms with van der Waals surface area (Å²) < 4.78 is 28.3. The molecule has 144 valence electrons. The van der Waals surface area contributed by atoms with E-state index in [4.69, 9.17) is 0 Å². The van der Waals surface area contributed by atoms with Crippen molar-refractivity contribution in [1.29, 1.82) is 0 Å². The number of aliphatic hydroxyl groups excluding tert-OH is 2. The van der Waals surface area contributed by atoms with Gasteiger partial charge in [0.1, 0.15) is 0 Å². The molecule has 1 aromatic heterocycles. The molecule has 0 radical (unpaired) electrons. The van der Waals surface area contributed by atoms with Crippen molar-refractivity contribution < 1.29 is 18.6 Å². The molecule has 1 fully saturated rings. The summed E-state index contributed by atoms with van der Waals surface area (Å²) in [5, 5.41) is 28.6. The van der Waals surface area contributed by atoms with Crippen molar-refractivity contribution in [3.63, 3.8) is 0 Å². The van der Waals surface area contributed by atoms with Crippen LogP contribution in [-0.4, -0.2) is 76.6 Å². The van der Waals surface area contributed by atoms with Crippen LogP contribution in [0.1, 0.15) is 26.0 Å². The fourth-order valence-corrected chi connectivity index (χ4v) is 4.88. The number of hydrogen-bond acceptors (Lipinski definition) is 7. The molecule has 2 rings (SSSR count). The lowest BCUT2D eigenvalue weighted by Crippen LogP contribution is -2.44. The average molecular weight is 375 g/mol. The molecule has 1 saturated carbocycles. The van der Waals surface area contributed by atoms with E-state index < -0.39 is 28.3 Å². The normalized spacial score (nSPS) is 27.5. The van der Waals surface area contributed by atoms with Crippen molar-refractivity contribution in [3.05, 3.63) is 11.9 Å². The van der Waals surface area contributed by atoms with Crippen LogP contribution in [0.5, 0.6) is 0 Å². The minimum Gasteiger partial charge on any atom is -0.390 e. The lowest BCUT2D eigenvalue weighted by atomic mass is 10.1. The van der Waals surface area contributed by atoms with Crippen molar-refractivity contribution in [2.45, 2.75) is 51.6 Å². The molecular formula is C15H29N5O4S. The fourth-order valence-electron chi connectivity index (χ4n) is 3.20. The summed E-state index contributed by atoms with van der Waals surface area (Å²) in [7, 11) is 0.381. The molecular weight excluding hydrogens is 346 g/mol. The minimum atomic E-state index is -3.49. The van der Waals surface area contributed by atoms with Gasteiger partial charge >= 0.3 is 0 Å². The molecule has 0 bridgehead atoms. The van der Waals surface area contributed by atoms with E-state index in [1.54, 1.807) is 10.9 Å². The van der Waals surface area contributed by atoms with Gasteiger partial charge in [-0.3, -0.25) is 4.68 Å². The van der Waals surface area contributed by atoms with Crippen LogP contribution in [0.25, 0.3) is 0 Å². The highest BCUT2D eigenvalue weighted by atomic mass is 32.2. The van der Waals surface area contributed by atoms with Crippen molar-refractivity contribution >= 4 is 10.0 Å². The van der Waals surface area contributed by atoms with E-state index in [2.05, 4.69) is 15.0 Å². The summed E-state index contributed by atoms with van der Waals surface area (Å²) in [6, 6.07) is -0.687. The molecule has 9 nitrogen and oxygen atoms in total. The van der Waals surface area contributed by atoms with Gasteiger partial charge in [-0.15, -0.1) is 5.10 Å². The molecule has 1 aliphatic carbocycles. The molecule has 0 saturated heterocycles. The predicted molar refractivity (Wildman–Crippen MR) is 93.1 cm³/mol. The molecule has 0 aromatic carbocycles. The Morgan fingerprint density at radius 2 is 2.04 bits per heavy atom. The quantitative estimate of drug-likeness (QED) is 0.534. The second-order valence-corrected chi connectivity index (χ2v) is 9.34. The first kappa shape index (κ1) is 20.2. The Bertz CT molecular complexity index is 661. The van der Waals surface area contributed by atoms with Gasteiger partial charge in [0, 0.05) is 25.2 Å². The maximum atomic E-state index is 12.1. The standard InChI is InChI=1S/C15H29N5O4S/c1-10(2)9-25(23,24)17-13-5-11(14(21)15(13)22)6-20-8-12(16-18-20)7-19(3)4/h8,10-11,13-15,17,21-22H,5-7,9H2,1-4H3/t11-,13-,14-,15+/m1/s1. The first-order valence-corrected chi connectivity index (χ1v) is 10.1. The van der Waals surface area contributed by atoms with Crippen LogP contribution in [-0.2, 0) is 23.1 Å². The number of sulfonamides is 1. The summed E-state index contributed by atoms with van der Waals surface area (Å²) in [5.74, 6) is -0.314. The summed E-state index contributed by atoms with van der Waals surface area (Å²) in [4.78, 5) is 1.97. The molecule has 4 atom stereocenters. The van der Waals surface area contributed by atoms with Gasteiger partial charge in [0.05, 0.1) is 29.7 Å². The van der Waals surface area contributed by atoms with Gasteiger partial charge in [-0.2, -0.15) is 0 Å². The summed E-state index contributed by atoms with van der Waals surface area (Å²) in [6.45, 7) is 4.67. The van der Waals surface area contributed by atoms with Crippen molar-refractivity contribution in [2.24, 2.45) is 11.8 Å². The molecule has 1 aromatic rings. The zero-order valence-electron chi connectivity index (χ0n) is 15.2. The molecule has 3 N–H and O–H groups in total. The first-order chi connectivity index (χ1) is 11.6. The summed E-state index contributed by atoms with van der Waals surface area (Å²) in [6.07, 6.45) is 0.0164. The second kappa shape index (κ2) is 8.09. The van der Waals surface area contributed by atoms with E-state index in [-0.39, 0.29) is 17.6 Å². The van der Waals surface area contributed by atoms with Crippen LogP contribution in [0.15, 0.2) is 6.20 Å². The highest BCUT2D eigenvalue weighted by molar-refractivity contribution is 7.89. The maximum absolute atomic E-state index is 12.1. The van der Waals surface area contributed by atoms with Crippen LogP contribution >= 0.6 is 0 Å². The van der Waals surface area contributed by atoms with E-state index in [0.29, 0.717) is 19.5 Å². The van der Waals surface area contributed by atoms with Crippen LogP contribution in [0.4, 0.5) is 0 Å². The highest BCUT2D eigenvalue weighted by Crippen LogP contribution is 2.28. The topological polar surface area (TPSA) is 121 Å². The van der Waals surface area contributed by atoms with E-state index in [0.717, 1.165) is 5.69 Å². The van der Waals surface area contributed by atoms with Gasteiger partial charge < -0.3 is 15.1 Å². The Kier molecular flexibility index (Phi) is 6.55. The second-order valence-electron chi connectivity index (χ2n) is 7.55. The number of aliphatic hydroxyl groups is 2. The number of aromatic nitrogens is 3. The van der Waals surface area contributed by atoms with Gasteiger partial charge in [0.15, 0.2) is 0 Å². The molecule has 0 unspecified atom stereocenters. The zero-order valence-corrected chi connectivity index (χ0v) is 16.0. The Hall–Kier alpha value is -1.07. The smallest absolute Gasteiger partial charge is 0.212 e. The molecule has 10 heteroatoms. The lowest BCUT2D eigenvalue weighted by molar-refractivity contribution is 0.00971. The Morgan fingerprint density at radius 3 is 2.64 bits per heavy atom. The Morgan fingerprint density at radius 1 is 1.36 bits per heavy atom. The zero-order chi connectivity index (χ0) is 18.8. The lowest BCUT2D eigenvalue weighted by Gasteiger charge is -2.18. The fraction of sp³-hybridized carbons (Fsp3) is 0.867.